The smallest absolute Gasteiger partial charge is 0.326 e. The molecule has 1 aliphatic heterocycles. The van der Waals surface area contributed by atoms with Crippen LogP contribution in [-0.2, 0) is 16.0 Å². The number of hydrogen-bond acceptors (Lipinski definition) is 7. The summed E-state index contributed by atoms with van der Waals surface area (Å²) in [6.07, 6.45) is 3.84. The average molecular weight is 445 g/mol. The molecule has 3 aromatic heterocycles. The Morgan fingerprint density at radius 3 is 2.82 bits per heavy atom. The molecule has 0 saturated carbocycles. The Balaban J connectivity index is 1.44. The molecular weight excluding hydrogens is 422 g/mol. The molecule has 0 spiro atoms. The molecule has 0 bridgehead atoms. The third-order valence-corrected chi connectivity index (χ3v) is 5.83. The normalized spacial score (nSPS) is 18.2. The third kappa shape index (κ3) is 3.97. The van der Waals surface area contributed by atoms with Gasteiger partial charge in [-0.1, -0.05) is 18.2 Å². The van der Waals surface area contributed by atoms with Crippen LogP contribution in [0.1, 0.15) is 23.4 Å². The zero-order valence-corrected chi connectivity index (χ0v) is 18.3. The standard InChI is InChI=1S/C24H23N5O4/c1-13-7-15(11-25-10-13)8-20(30)28-16-9-18(24(31)32)29(12-16)23-22-21(26-14(2)27-23)17-5-3-4-6-19(17)33-22/h3-7,10-11,16,18H,8-9,12H2,1-2H3,(H,28,30)(H,31,32). The first kappa shape index (κ1) is 20.9. The van der Waals surface area contributed by atoms with Crippen molar-refractivity contribution < 1.29 is 19.1 Å². The second-order valence-electron chi connectivity index (χ2n) is 8.42. The van der Waals surface area contributed by atoms with Gasteiger partial charge in [0.05, 0.1) is 6.42 Å². The Hall–Kier alpha value is -4.01. The van der Waals surface area contributed by atoms with E-state index >= 15 is 0 Å². The summed E-state index contributed by atoms with van der Waals surface area (Å²) in [6, 6.07) is 8.26. The van der Waals surface area contributed by atoms with E-state index in [1.165, 1.54) is 0 Å². The first-order valence-electron chi connectivity index (χ1n) is 10.7. The fraction of sp³-hybridized carbons (Fsp3) is 0.292. The fourth-order valence-corrected chi connectivity index (χ4v) is 4.47. The molecule has 2 unspecified atom stereocenters. The van der Waals surface area contributed by atoms with Crippen LogP contribution in [0.5, 0.6) is 0 Å². The molecule has 1 amide bonds. The highest BCUT2D eigenvalue weighted by Gasteiger charge is 2.40. The lowest BCUT2D eigenvalue weighted by Crippen LogP contribution is -2.39. The molecule has 33 heavy (non-hydrogen) atoms. The van der Waals surface area contributed by atoms with Crippen LogP contribution in [0.3, 0.4) is 0 Å². The molecule has 1 fully saturated rings. The van der Waals surface area contributed by atoms with Crippen molar-refractivity contribution in [2.75, 3.05) is 11.4 Å². The maximum Gasteiger partial charge on any atom is 0.326 e. The molecule has 1 saturated heterocycles. The second kappa shape index (κ2) is 8.16. The van der Waals surface area contributed by atoms with Gasteiger partial charge in [0, 0.05) is 36.8 Å². The van der Waals surface area contributed by atoms with Gasteiger partial charge in [-0.25, -0.2) is 14.8 Å². The Morgan fingerprint density at radius 1 is 1.21 bits per heavy atom. The molecule has 4 aromatic rings. The summed E-state index contributed by atoms with van der Waals surface area (Å²) in [5, 5.41) is 13.7. The summed E-state index contributed by atoms with van der Waals surface area (Å²) < 4.78 is 6.03. The number of aryl methyl sites for hydroxylation is 2. The highest BCUT2D eigenvalue weighted by molar-refractivity contribution is 6.06. The van der Waals surface area contributed by atoms with Gasteiger partial charge < -0.3 is 19.7 Å². The number of aromatic nitrogens is 3. The van der Waals surface area contributed by atoms with Crippen molar-refractivity contribution in [3.63, 3.8) is 0 Å². The third-order valence-electron chi connectivity index (χ3n) is 5.83. The molecule has 9 nitrogen and oxygen atoms in total. The van der Waals surface area contributed by atoms with Crippen LogP contribution < -0.4 is 10.2 Å². The lowest BCUT2D eigenvalue weighted by molar-refractivity contribution is -0.138. The van der Waals surface area contributed by atoms with E-state index < -0.39 is 12.0 Å². The molecule has 2 atom stereocenters. The number of carboxylic acid groups (broad SMARTS) is 1. The molecule has 168 valence electrons. The van der Waals surface area contributed by atoms with Crippen LogP contribution in [0, 0.1) is 13.8 Å². The molecule has 4 heterocycles. The van der Waals surface area contributed by atoms with E-state index in [9.17, 15) is 14.7 Å². The Kier molecular flexibility index (Phi) is 5.16. The van der Waals surface area contributed by atoms with Crippen molar-refractivity contribution in [1.29, 1.82) is 0 Å². The number of amides is 1. The van der Waals surface area contributed by atoms with E-state index in [2.05, 4.69) is 20.3 Å². The SMILES string of the molecule is Cc1cncc(CC(=O)NC2CC(C(=O)O)N(c3nc(C)nc4c3oc3ccccc34)C2)c1. The van der Waals surface area contributed by atoms with Crippen molar-refractivity contribution in [2.45, 2.75) is 38.8 Å². The Morgan fingerprint density at radius 2 is 2.03 bits per heavy atom. The summed E-state index contributed by atoms with van der Waals surface area (Å²) in [6.45, 7) is 3.99. The van der Waals surface area contributed by atoms with Gasteiger partial charge in [-0.3, -0.25) is 9.78 Å². The Bertz CT molecular complexity index is 1380. The zero-order valence-electron chi connectivity index (χ0n) is 18.3. The minimum atomic E-state index is -0.977. The number of anilines is 1. The Labute approximate surface area is 189 Å². The van der Waals surface area contributed by atoms with E-state index in [0.717, 1.165) is 16.5 Å². The zero-order chi connectivity index (χ0) is 23.1. The lowest BCUT2D eigenvalue weighted by atomic mass is 10.1. The van der Waals surface area contributed by atoms with Crippen LogP contribution in [0.15, 0.2) is 47.1 Å². The maximum atomic E-state index is 12.6. The van der Waals surface area contributed by atoms with Crippen molar-refractivity contribution in [2.24, 2.45) is 0 Å². The number of hydrogen-bond donors (Lipinski definition) is 2. The van der Waals surface area contributed by atoms with Gasteiger partial charge in [0.25, 0.3) is 0 Å². The molecular formula is C24H23N5O4. The van der Waals surface area contributed by atoms with Crippen LogP contribution in [-0.4, -0.2) is 50.6 Å². The summed E-state index contributed by atoms with van der Waals surface area (Å²) in [5.74, 6) is -0.199. The number of benzene rings is 1. The number of nitrogens with zero attached hydrogens (tertiary/aromatic N) is 4. The number of furan rings is 1. The predicted octanol–water partition coefficient (Wildman–Crippen LogP) is 2.78. The van der Waals surface area contributed by atoms with Gasteiger partial charge in [-0.15, -0.1) is 0 Å². The second-order valence-corrected chi connectivity index (χ2v) is 8.42. The van der Waals surface area contributed by atoms with Crippen LogP contribution in [0.25, 0.3) is 22.1 Å². The quantitative estimate of drug-likeness (QED) is 0.481. The maximum absolute atomic E-state index is 12.6. The summed E-state index contributed by atoms with van der Waals surface area (Å²) >= 11 is 0. The average Bonchev–Trinajstić information content (AvgIpc) is 3.35. The van der Waals surface area contributed by atoms with E-state index in [1.54, 1.807) is 24.2 Å². The largest absolute Gasteiger partial charge is 0.480 e. The van der Waals surface area contributed by atoms with Gasteiger partial charge in [0.1, 0.15) is 23.0 Å². The van der Waals surface area contributed by atoms with Gasteiger partial charge in [0.2, 0.25) is 5.91 Å². The molecule has 2 N–H and O–H groups in total. The van der Waals surface area contributed by atoms with Crippen molar-refractivity contribution in [3.8, 4) is 0 Å². The van der Waals surface area contributed by atoms with Gasteiger partial charge in [-0.2, -0.15) is 0 Å². The van der Waals surface area contributed by atoms with E-state index in [4.69, 9.17) is 4.42 Å². The monoisotopic (exact) mass is 445 g/mol. The first-order valence-corrected chi connectivity index (χ1v) is 10.7. The molecule has 0 aliphatic carbocycles. The van der Waals surface area contributed by atoms with Crippen molar-refractivity contribution in [1.82, 2.24) is 20.3 Å². The first-order chi connectivity index (χ1) is 15.9. The summed E-state index contributed by atoms with van der Waals surface area (Å²) in [5.41, 5.74) is 3.55. The van der Waals surface area contributed by atoms with Gasteiger partial charge >= 0.3 is 5.97 Å². The molecule has 1 aliphatic rings. The van der Waals surface area contributed by atoms with E-state index in [0.29, 0.717) is 34.9 Å². The number of fused-ring (bicyclic) bond motifs is 3. The number of carbonyl (C=O) groups is 2. The number of para-hydroxylation sites is 1. The minimum absolute atomic E-state index is 0.175. The van der Waals surface area contributed by atoms with Crippen LogP contribution in [0.4, 0.5) is 5.82 Å². The van der Waals surface area contributed by atoms with Crippen LogP contribution in [0.2, 0.25) is 0 Å². The topological polar surface area (TPSA) is 121 Å². The van der Waals surface area contributed by atoms with Crippen LogP contribution >= 0.6 is 0 Å². The van der Waals surface area contributed by atoms with Crippen molar-refractivity contribution in [3.05, 3.63) is 59.7 Å². The number of nitrogens with one attached hydrogen (secondary N) is 1. The summed E-state index contributed by atoms with van der Waals surface area (Å²) in [7, 11) is 0. The van der Waals surface area contributed by atoms with Gasteiger partial charge in [-0.05, 0) is 37.1 Å². The number of carbonyl (C=O) groups excluding carboxylic acids is 1. The van der Waals surface area contributed by atoms with Crippen molar-refractivity contribution >= 4 is 39.8 Å². The number of aliphatic carboxylic acids is 1. The molecule has 9 heteroatoms. The highest BCUT2D eigenvalue weighted by atomic mass is 16.4. The fourth-order valence-electron chi connectivity index (χ4n) is 4.47. The number of rotatable bonds is 5. The molecule has 1 aromatic carbocycles. The predicted molar refractivity (Wildman–Crippen MR) is 122 cm³/mol. The minimum Gasteiger partial charge on any atom is -0.480 e. The number of pyridine rings is 1. The number of carboxylic acids is 1. The van der Waals surface area contributed by atoms with Gasteiger partial charge in [0.15, 0.2) is 11.4 Å². The lowest BCUT2D eigenvalue weighted by Gasteiger charge is -2.22. The van der Waals surface area contributed by atoms with E-state index in [-0.39, 0.29) is 24.8 Å². The summed E-state index contributed by atoms with van der Waals surface area (Å²) in [4.78, 5) is 39.6. The highest BCUT2D eigenvalue weighted by Crippen LogP contribution is 2.35. The molecule has 5 rings (SSSR count). The van der Waals surface area contributed by atoms with E-state index in [1.807, 2.05) is 37.3 Å². The molecule has 0 radical (unpaired) electrons.